The van der Waals surface area contributed by atoms with E-state index in [0.717, 1.165) is 29.1 Å². The van der Waals surface area contributed by atoms with Gasteiger partial charge in [0.25, 0.3) is 0 Å². The molecule has 7 nitrogen and oxygen atoms in total. The number of nitrogens with one attached hydrogen (secondary N) is 1. The molecule has 190 valence electrons. The van der Waals surface area contributed by atoms with Crippen LogP contribution in [0.1, 0.15) is 41.8 Å². The molecule has 2 aromatic carbocycles. The van der Waals surface area contributed by atoms with Gasteiger partial charge in [0.1, 0.15) is 11.9 Å². The summed E-state index contributed by atoms with van der Waals surface area (Å²) in [5.74, 6) is 2.06. The van der Waals surface area contributed by atoms with Crippen LogP contribution < -0.4 is 14.8 Å². The second-order valence-electron chi connectivity index (χ2n) is 9.00. The largest absolute Gasteiger partial charge is 0.493 e. The lowest BCUT2D eigenvalue weighted by Gasteiger charge is -2.22. The van der Waals surface area contributed by atoms with Gasteiger partial charge in [0.15, 0.2) is 11.5 Å². The lowest BCUT2D eigenvalue weighted by Crippen LogP contribution is -2.16. The molecule has 3 heterocycles. The van der Waals surface area contributed by atoms with Crippen molar-refractivity contribution in [2.24, 2.45) is 0 Å². The van der Waals surface area contributed by atoms with Gasteiger partial charge in [-0.2, -0.15) is 18.2 Å². The fourth-order valence-corrected chi connectivity index (χ4v) is 4.74. The SMILES string of the molecule is COc1cc2c(cc1O[C@H]1CCOC1)c(N[C@H](C)c1cccc(C(F)(F)F)c1C)nc1ncc(C)n12. The molecule has 36 heavy (non-hydrogen) atoms. The quantitative estimate of drug-likeness (QED) is 0.357. The minimum atomic E-state index is -4.43. The highest BCUT2D eigenvalue weighted by atomic mass is 19.4. The molecule has 1 N–H and O–H groups in total. The van der Waals surface area contributed by atoms with E-state index in [1.165, 1.54) is 13.0 Å². The van der Waals surface area contributed by atoms with Crippen LogP contribution in [0.15, 0.2) is 36.5 Å². The predicted octanol–water partition coefficient (Wildman–Crippen LogP) is 5.87. The molecule has 2 aromatic heterocycles. The van der Waals surface area contributed by atoms with Crippen molar-refractivity contribution in [3.63, 3.8) is 0 Å². The zero-order valence-electron chi connectivity index (χ0n) is 20.4. The number of hydrogen-bond acceptors (Lipinski definition) is 6. The first kappa shape index (κ1) is 24.2. The van der Waals surface area contributed by atoms with E-state index in [1.807, 2.05) is 30.4 Å². The van der Waals surface area contributed by atoms with Gasteiger partial charge in [-0.3, -0.25) is 4.40 Å². The number of fused-ring (bicyclic) bond motifs is 3. The molecular formula is C26H27F3N4O3. The molecule has 1 aliphatic rings. The van der Waals surface area contributed by atoms with E-state index in [4.69, 9.17) is 19.2 Å². The van der Waals surface area contributed by atoms with E-state index in [-0.39, 0.29) is 11.7 Å². The summed E-state index contributed by atoms with van der Waals surface area (Å²) in [7, 11) is 1.58. The molecule has 2 atom stereocenters. The molecule has 5 rings (SSSR count). The Hall–Kier alpha value is -3.53. The Morgan fingerprint density at radius 1 is 1.19 bits per heavy atom. The molecule has 1 aliphatic heterocycles. The summed E-state index contributed by atoms with van der Waals surface area (Å²) >= 11 is 0. The van der Waals surface area contributed by atoms with Crippen LogP contribution in [0.3, 0.4) is 0 Å². The predicted molar refractivity (Wildman–Crippen MR) is 130 cm³/mol. The number of hydrogen-bond donors (Lipinski definition) is 1. The molecule has 0 aliphatic carbocycles. The third kappa shape index (κ3) is 4.30. The standard InChI is InChI=1S/C26H27F3N4O3/c1-14-12-30-25-32-24(31-16(3)18-6-5-7-20(15(18)2)26(27,28)29)19-10-23(36-17-8-9-35-13-17)22(34-4)11-21(19)33(14)25/h5-7,10-12,16-17H,8-9,13H2,1-4H3,(H,30,31,32)/t16-,17+/m1/s1. The average Bonchev–Trinajstić information content (AvgIpc) is 3.48. The number of imidazole rings is 1. The Balaban J connectivity index is 1.62. The normalized spacial score (nSPS) is 17.0. The van der Waals surface area contributed by atoms with Gasteiger partial charge in [-0.1, -0.05) is 12.1 Å². The summed E-state index contributed by atoms with van der Waals surface area (Å²) in [5, 5.41) is 4.06. The topological polar surface area (TPSA) is 69.9 Å². The Bertz CT molecular complexity index is 1430. The van der Waals surface area contributed by atoms with Crippen molar-refractivity contribution in [3.8, 4) is 11.5 Å². The number of ether oxygens (including phenoxy) is 3. The maximum Gasteiger partial charge on any atom is 0.416 e. The molecule has 10 heteroatoms. The van der Waals surface area contributed by atoms with E-state index in [0.29, 0.717) is 41.9 Å². The van der Waals surface area contributed by atoms with Gasteiger partial charge in [0.2, 0.25) is 5.78 Å². The Labute approximate surface area is 206 Å². The maximum absolute atomic E-state index is 13.5. The number of rotatable bonds is 6. The van der Waals surface area contributed by atoms with Crippen molar-refractivity contribution < 1.29 is 27.4 Å². The number of benzene rings is 2. The van der Waals surface area contributed by atoms with Crippen LogP contribution >= 0.6 is 0 Å². The van der Waals surface area contributed by atoms with Crippen LogP contribution in [0.5, 0.6) is 11.5 Å². The number of nitrogens with zero attached hydrogens (tertiary/aromatic N) is 3. The van der Waals surface area contributed by atoms with E-state index in [1.54, 1.807) is 19.4 Å². The highest BCUT2D eigenvalue weighted by molar-refractivity contribution is 5.94. The van der Waals surface area contributed by atoms with Crippen molar-refractivity contribution >= 4 is 22.5 Å². The number of methoxy groups -OCH3 is 1. The maximum atomic E-state index is 13.5. The molecule has 0 saturated carbocycles. The molecule has 0 bridgehead atoms. The minimum Gasteiger partial charge on any atom is -0.493 e. The Morgan fingerprint density at radius 2 is 2.00 bits per heavy atom. The summed E-state index contributed by atoms with van der Waals surface area (Å²) in [6.45, 7) is 6.36. The Kier molecular flexibility index (Phi) is 6.15. The number of halogens is 3. The van der Waals surface area contributed by atoms with Crippen LogP contribution in [0.2, 0.25) is 0 Å². The van der Waals surface area contributed by atoms with Crippen molar-refractivity contribution in [2.45, 2.75) is 45.5 Å². The number of aryl methyl sites for hydroxylation is 1. The third-order valence-electron chi connectivity index (χ3n) is 6.59. The van der Waals surface area contributed by atoms with Gasteiger partial charge >= 0.3 is 6.18 Å². The van der Waals surface area contributed by atoms with Gasteiger partial charge in [0, 0.05) is 23.6 Å². The van der Waals surface area contributed by atoms with Gasteiger partial charge in [-0.05, 0) is 44.0 Å². The van der Waals surface area contributed by atoms with E-state index in [9.17, 15) is 13.2 Å². The zero-order valence-corrected chi connectivity index (χ0v) is 20.4. The molecule has 4 aromatic rings. The molecule has 0 amide bonds. The van der Waals surface area contributed by atoms with Crippen molar-refractivity contribution in [3.05, 3.63) is 58.9 Å². The molecular weight excluding hydrogens is 473 g/mol. The second kappa shape index (κ2) is 9.16. The minimum absolute atomic E-state index is 0.0916. The molecule has 1 saturated heterocycles. The van der Waals surface area contributed by atoms with E-state index >= 15 is 0 Å². The highest BCUT2D eigenvalue weighted by Gasteiger charge is 2.33. The van der Waals surface area contributed by atoms with Gasteiger partial charge < -0.3 is 19.5 Å². The summed E-state index contributed by atoms with van der Waals surface area (Å²) in [4.78, 5) is 9.13. The summed E-state index contributed by atoms with van der Waals surface area (Å²) in [6.07, 6.45) is -2.02. The monoisotopic (exact) mass is 500 g/mol. The smallest absolute Gasteiger partial charge is 0.416 e. The fourth-order valence-electron chi connectivity index (χ4n) is 4.74. The first-order valence-electron chi connectivity index (χ1n) is 11.7. The fraction of sp³-hybridized carbons (Fsp3) is 0.385. The van der Waals surface area contributed by atoms with Crippen molar-refractivity contribution in [1.29, 1.82) is 0 Å². The van der Waals surface area contributed by atoms with E-state index < -0.39 is 17.8 Å². The number of alkyl halides is 3. The number of aromatic nitrogens is 3. The second-order valence-corrected chi connectivity index (χ2v) is 9.00. The van der Waals surface area contributed by atoms with Crippen LogP contribution in [0.25, 0.3) is 16.7 Å². The third-order valence-corrected chi connectivity index (χ3v) is 6.59. The molecule has 0 spiro atoms. The van der Waals surface area contributed by atoms with Crippen LogP contribution in [0.4, 0.5) is 19.0 Å². The first-order valence-corrected chi connectivity index (χ1v) is 11.7. The van der Waals surface area contributed by atoms with Crippen molar-refractivity contribution in [1.82, 2.24) is 14.4 Å². The summed E-state index contributed by atoms with van der Waals surface area (Å²) in [5.41, 5.74) is 1.74. The highest BCUT2D eigenvalue weighted by Crippen LogP contribution is 2.39. The summed E-state index contributed by atoms with van der Waals surface area (Å²) < 4.78 is 59.7. The Morgan fingerprint density at radius 3 is 2.69 bits per heavy atom. The average molecular weight is 501 g/mol. The van der Waals surface area contributed by atoms with E-state index in [2.05, 4.69) is 10.3 Å². The zero-order chi connectivity index (χ0) is 25.6. The summed E-state index contributed by atoms with van der Waals surface area (Å²) in [6, 6.07) is 7.48. The lowest BCUT2D eigenvalue weighted by atomic mass is 9.97. The van der Waals surface area contributed by atoms with Crippen LogP contribution in [-0.4, -0.2) is 40.8 Å². The lowest BCUT2D eigenvalue weighted by molar-refractivity contribution is -0.138. The van der Waals surface area contributed by atoms with Crippen molar-refractivity contribution in [2.75, 3.05) is 25.6 Å². The number of anilines is 1. The molecule has 0 unspecified atom stereocenters. The molecule has 0 radical (unpaired) electrons. The first-order chi connectivity index (χ1) is 17.2. The van der Waals surface area contributed by atoms with Gasteiger partial charge in [-0.25, -0.2) is 4.98 Å². The van der Waals surface area contributed by atoms with Crippen LogP contribution in [-0.2, 0) is 10.9 Å². The molecule has 1 fully saturated rings. The van der Waals surface area contributed by atoms with Gasteiger partial charge in [-0.15, -0.1) is 0 Å². The van der Waals surface area contributed by atoms with Crippen LogP contribution in [0, 0.1) is 13.8 Å². The van der Waals surface area contributed by atoms with Gasteiger partial charge in [0.05, 0.1) is 43.6 Å².